The summed E-state index contributed by atoms with van der Waals surface area (Å²) in [4.78, 5) is 7.54. The van der Waals surface area contributed by atoms with E-state index in [2.05, 4.69) is 173 Å². The summed E-state index contributed by atoms with van der Waals surface area (Å²) in [5.74, 6) is 0.953. The molecule has 0 radical (unpaired) electrons. The lowest BCUT2D eigenvalue weighted by atomic mass is 9.96. The lowest BCUT2D eigenvalue weighted by molar-refractivity contribution is 1.06. The third-order valence-corrected chi connectivity index (χ3v) is 8.68. The first kappa shape index (κ1) is 24.6. The molecule has 1 aromatic heterocycles. The minimum atomic E-state index is 0.953. The van der Waals surface area contributed by atoms with Crippen LogP contribution < -0.4 is 4.90 Å². The van der Waals surface area contributed by atoms with Crippen LogP contribution in [0.5, 0.6) is 0 Å². The van der Waals surface area contributed by atoms with Crippen molar-refractivity contribution in [3.05, 3.63) is 164 Å². The molecular weight excluding hydrogens is 534 g/mol. The van der Waals surface area contributed by atoms with Gasteiger partial charge in [-0.1, -0.05) is 115 Å². The van der Waals surface area contributed by atoms with E-state index in [1.807, 2.05) is 0 Å². The van der Waals surface area contributed by atoms with Crippen LogP contribution in [0.25, 0.3) is 61.1 Å². The largest absolute Gasteiger partial charge is 0.306 e. The van der Waals surface area contributed by atoms with Gasteiger partial charge in [0, 0.05) is 11.3 Å². The molecule has 2 heterocycles. The summed E-state index contributed by atoms with van der Waals surface area (Å²) < 4.78 is 2.34. The number of aromatic nitrogens is 2. The Labute approximate surface area is 255 Å². The van der Waals surface area contributed by atoms with Crippen LogP contribution >= 0.6 is 0 Å². The molecule has 0 unspecified atom stereocenters. The average molecular weight is 562 g/mol. The molecule has 44 heavy (non-hydrogen) atoms. The molecule has 7 aromatic carbocycles. The molecule has 0 amide bonds. The van der Waals surface area contributed by atoms with Crippen LogP contribution in [0.1, 0.15) is 0 Å². The average Bonchev–Trinajstić information content (AvgIpc) is 3.50. The van der Waals surface area contributed by atoms with E-state index >= 15 is 0 Å². The van der Waals surface area contributed by atoms with Crippen molar-refractivity contribution >= 4 is 38.9 Å². The highest BCUT2D eigenvalue weighted by Crippen LogP contribution is 2.49. The van der Waals surface area contributed by atoms with Crippen LogP contribution in [0, 0.1) is 0 Å². The second kappa shape index (κ2) is 9.82. The maximum Gasteiger partial charge on any atom is 0.145 e. The number of hydrogen-bond acceptors (Lipinski definition) is 2. The highest BCUT2D eigenvalue weighted by Gasteiger charge is 2.29. The standard InChI is InChI=1S/C41H27N3/c1-4-11-28(12-5-1)30-19-20-32-26-33(22-21-31(32)25-30)34-23-24-37-39(27-34)43(35-15-8-3-9-16-35)38-18-10-17-36-40(38)44(37)41(42-36)29-13-6-2-7-14-29/h1-27H. The molecule has 0 bridgehead atoms. The van der Waals surface area contributed by atoms with E-state index < -0.39 is 0 Å². The Bertz CT molecular complexity index is 2320. The number of fused-ring (bicyclic) bond motifs is 3. The van der Waals surface area contributed by atoms with E-state index in [-0.39, 0.29) is 0 Å². The van der Waals surface area contributed by atoms with Gasteiger partial charge in [0.15, 0.2) is 0 Å². The zero-order valence-electron chi connectivity index (χ0n) is 23.9. The first-order chi connectivity index (χ1) is 21.8. The first-order valence-corrected chi connectivity index (χ1v) is 15.0. The van der Waals surface area contributed by atoms with E-state index in [0.717, 1.165) is 45.2 Å². The predicted molar refractivity (Wildman–Crippen MR) is 183 cm³/mol. The Morgan fingerprint density at radius 2 is 0.977 bits per heavy atom. The van der Waals surface area contributed by atoms with Gasteiger partial charge in [0.1, 0.15) is 5.82 Å². The second-order valence-corrected chi connectivity index (χ2v) is 11.3. The van der Waals surface area contributed by atoms with Crippen molar-refractivity contribution in [2.75, 3.05) is 4.90 Å². The Hall–Kier alpha value is -5.93. The van der Waals surface area contributed by atoms with Crippen molar-refractivity contribution in [3.8, 4) is 39.3 Å². The van der Waals surface area contributed by atoms with E-state index in [0.29, 0.717) is 0 Å². The van der Waals surface area contributed by atoms with Gasteiger partial charge in [-0.3, -0.25) is 4.57 Å². The maximum absolute atomic E-state index is 5.16. The minimum absolute atomic E-state index is 0.953. The molecule has 8 aromatic rings. The van der Waals surface area contributed by atoms with Crippen LogP contribution in [-0.2, 0) is 0 Å². The van der Waals surface area contributed by atoms with Gasteiger partial charge in [-0.15, -0.1) is 0 Å². The number of benzene rings is 7. The fourth-order valence-corrected chi connectivity index (χ4v) is 6.60. The van der Waals surface area contributed by atoms with Crippen LogP contribution in [0.3, 0.4) is 0 Å². The fraction of sp³-hybridized carbons (Fsp3) is 0. The molecule has 1 aliphatic rings. The SMILES string of the molecule is c1ccc(-c2ccc3cc(-c4ccc5c(c4)N(c4ccccc4)c4cccc6nc(-c7ccccc7)n-5c46)ccc3c2)cc1. The lowest BCUT2D eigenvalue weighted by Gasteiger charge is -2.33. The number of para-hydroxylation sites is 2. The number of hydrogen-bond donors (Lipinski definition) is 0. The summed E-state index contributed by atoms with van der Waals surface area (Å²) in [5.41, 5.74) is 12.5. The zero-order valence-corrected chi connectivity index (χ0v) is 23.9. The van der Waals surface area contributed by atoms with Crippen molar-refractivity contribution in [2.24, 2.45) is 0 Å². The normalized spacial score (nSPS) is 12.0. The molecule has 0 spiro atoms. The predicted octanol–water partition coefficient (Wildman–Crippen LogP) is 11.0. The van der Waals surface area contributed by atoms with Crippen molar-refractivity contribution in [1.29, 1.82) is 0 Å². The monoisotopic (exact) mass is 561 g/mol. The Kier molecular flexibility index (Phi) is 5.50. The molecule has 1 aliphatic heterocycles. The summed E-state index contributed by atoms with van der Waals surface area (Å²) >= 11 is 0. The summed E-state index contributed by atoms with van der Waals surface area (Å²) in [5, 5.41) is 2.47. The van der Waals surface area contributed by atoms with E-state index in [1.165, 1.54) is 33.0 Å². The topological polar surface area (TPSA) is 21.1 Å². The third-order valence-electron chi connectivity index (χ3n) is 8.68. The molecule has 0 atom stereocenters. The van der Waals surface area contributed by atoms with Gasteiger partial charge in [-0.2, -0.15) is 0 Å². The van der Waals surface area contributed by atoms with Crippen molar-refractivity contribution in [3.63, 3.8) is 0 Å². The van der Waals surface area contributed by atoms with E-state index in [4.69, 9.17) is 4.98 Å². The number of imidazole rings is 1. The highest BCUT2D eigenvalue weighted by molar-refractivity contribution is 6.04. The number of anilines is 3. The number of rotatable bonds is 4. The molecule has 0 saturated carbocycles. The molecule has 9 rings (SSSR count). The smallest absolute Gasteiger partial charge is 0.145 e. The van der Waals surface area contributed by atoms with Crippen LogP contribution in [0.2, 0.25) is 0 Å². The Balaban J connectivity index is 1.24. The molecular formula is C41H27N3. The fourth-order valence-electron chi connectivity index (χ4n) is 6.60. The third kappa shape index (κ3) is 3.87. The summed E-state index contributed by atoms with van der Waals surface area (Å²) in [6.07, 6.45) is 0. The summed E-state index contributed by atoms with van der Waals surface area (Å²) in [6.45, 7) is 0. The van der Waals surface area contributed by atoms with Crippen LogP contribution in [-0.4, -0.2) is 9.55 Å². The van der Waals surface area contributed by atoms with Gasteiger partial charge in [0.2, 0.25) is 0 Å². The van der Waals surface area contributed by atoms with Crippen molar-refractivity contribution < 1.29 is 0 Å². The maximum atomic E-state index is 5.16. The van der Waals surface area contributed by atoms with Crippen molar-refractivity contribution in [2.45, 2.75) is 0 Å². The Morgan fingerprint density at radius 3 is 1.68 bits per heavy atom. The molecule has 0 saturated heterocycles. The highest BCUT2D eigenvalue weighted by atomic mass is 15.2. The van der Waals surface area contributed by atoms with Crippen LogP contribution in [0.15, 0.2) is 164 Å². The summed E-state index contributed by atoms with van der Waals surface area (Å²) in [7, 11) is 0. The van der Waals surface area contributed by atoms with Gasteiger partial charge in [-0.25, -0.2) is 4.98 Å². The molecule has 0 fully saturated rings. The Morgan fingerprint density at radius 1 is 0.386 bits per heavy atom. The number of nitrogens with zero attached hydrogens (tertiary/aromatic N) is 3. The van der Waals surface area contributed by atoms with Crippen molar-refractivity contribution in [1.82, 2.24) is 9.55 Å². The zero-order chi connectivity index (χ0) is 29.0. The van der Waals surface area contributed by atoms with E-state index in [9.17, 15) is 0 Å². The van der Waals surface area contributed by atoms with Gasteiger partial charge in [0.25, 0.3) is 0 Å². The first-order valence-electron chi connectivity index (χ1n) is 15.0. The lowest BCUT2D eigenvalue weighted by Crippen LogP contribution is -2.18. The molecule has 206 valence electrons. The van der Waals surface area contributed by atoms with Crippen LogP contribution in [0.4, 0.5) is 17.1 Å². The van der Waals surface area contributed by atoms with Gasteiger partial charge in [0.05, 0.1) is 28.1 Å². The van der Waals surface area contributed by atoms with Gasteiger partial charge in [-0.05, 0) is 81.6 Å². The molecule has 0 aliphatic carbocycles. The van der Waals surface area contributed by atoms with Gasteiger partial charge >= 0.3 is 0 Å². The molecule has 3 heteroatoms. The molecule has 0 N–H and O–H groups in total. The van der Waals surface area contributed by atoms with E-state index in [1.54, 1.807) is 0 Å². The van der Waals surface area contributed by atoms with Gasteiger partial charge < -0.3 is 4.90 Å². The second-order valence-electron chi connectivity index (χ2n) is 11.3. The quantitative estimate of drug-likeness (QED) is 0.213. The summed E-state index contributed by atoms with van der Waals surface area (Å²) in [6, 6.07) is 58.5. The molecule has 3 nitrogen and oxygen atoms in total. The minimum Gasteiger partial charge on any atom is -0.306 e.